The third-order valence-electron chi connectivity index (χ3n) is 4.66. The van der Waals surface area contributed by atoms with Gasteiger partial charge in [-0.15, -0.1) is 0 Å². The highest BCUT2D eigenvalue weighted by atomic mass is 15.2. The molecule has 2 aliphatic heterocycles. The molecule has 3 heteroatoms. The van der Waals surface area contributed by atoms with Gasteiger partial charge in [0.05, 0.1) is 0 Å². The molecule has 0 spiro atoms. The van der Waals surface area contributed by atoms with Gasteiger partial charge in [0.25, 0.3) is 0 Å². The fraction of sp³-hybridized carbons (Fsp3) is 1.00. The molecule has 2 fully saturated rings. The van der Waals surface area contributed by atoms with Crippen molar-refractivity contribution in [2.24, 2.45) is 5.92 Å². The minimum absolute atomic E-state index is 0.883. The molecule has 0 saturated carbocycles. The van der Waals surface area contributed by atoms with Gasteiger partial charge in [0, 0.05) is 12.6 Å². The Morgan fingerprint density at radius 2 is 1.89 bits per heavy atom. The molecule has 2 saturated heterocycles. The third kappa shape index (κ3) is 4.22. The molecule has 0 bridgehead atoms. The van der Waals surface area contributed by atoms with Crippen molar-refractivity contribution < 1.29 is 0 Å². The second-order valence-corrected chi connectivity index (χ2v) is 6.27. The van der Waals surface area contributed by atoms with Gasteiger partial charge in [0.2, 0.25) is 0 Å². The van der Waals surface area contributed by atoms with E-state index >= 15 is 0 Å². The largest absolute Gasteiger partial charge is 0.320 e. The van der Waals surface area contributed by atoms with Crippen LogP contribution in [0.15, 0.2) is 0 Å². The van der Waals surface area contributed by atoms with Gasteiger partial charge in [0.1, 0.15) is 0 Å². The fourth-order valence-electron chi connectivity index (χ4n) is 3.54. The van der Waals surface area contributed by atoms with Gasteiger partial charge in [-0.2, -0.15) is 0 Å². The standard InChI is InChI=1S/C15H31N3/c1-14-5-3-10-18(13-14)15-6-11-17(12-7-15)9-4-8-16-2/h14-16H,3-13H2,1-2H3. The second-order valence-electron chi connectivity index (χ2n) is 6.27. The normalized spacial score (nSPS) is 28.7. The summed E-state index contributed by atoms with van der Waals surface area (Å²) in [5, 5.41) is 3.24. The Bertz CT molecular complexity index is 224. The first-order chi connectivity index (χ1) is 8.79. The number of hydrogen-bond acceptors (Lipinski definition) is 3. The summed E-state index contributed by atoms with van der Waals surface area (Å²) < 4.78 is 0. The lowest BCUT2D eigenvalue weighted by Crippen LogP contribution is -2.48. The van der Waals surface area contributed by atoms with Crippen molar-refractivity contribution in [3.63, 3.8) is 0 Å². The Hall–Kier alpha value is -0.120. The van der Waals surface area contributed by atoms with Crippen LogP contribution in [0, 0.1) is 5.92 Å². The average molecular weight is 253 g/mol. The van der Waals surface area contributed by atoms with E-state index in [9.17, 15) is 0 Å². The molecular formula is C15H31N3. The summed E-state index contributed by atoms with van der Waals surface area (Å²) in [7, 11) is 2.05. The highest BCUT2D eigenvalue weighted by molar-refractivity contribution is 4.82. The zero-order valence-corrected chi connectivity index (χ0v) is 12.3. The predicted octanol–water partition coefficient (Wildman–Crippen LogP) is 1.79. The van der Waals surface area contributed by atoms with E-state index in [0.29, 0.717) is 0 Å². The van der Waals surface area contributed by atoms with E-state index in [0.717, 1.165) is 18.5 Å². The van der Waals surface area contributed by atoms with Crippen molar-refractivity contribution in [1.29, 1.82) is 0 Å². The van der Waals surface area contributed by atoms with Crippen LogP contribution in [-0.4, -0.2) is 62.2 Å². The Labute approximate surface area is 113 Å². The summed E-state index contributed by atoms with van der Waals surface area (Å²) in [6.07, 6.45) is 6.95. The Morgan fingerprint density at radius 3 is 2.56 bits per heavy atom. The van der Waals surface area contributed by atoms with E-state index in [1.165, 1.54) is 64.8 Å². The molecule has 0 aromatic carbocycles. The molecule has 3 nitrogen and oxygen atoms in total. The van der Waals surface area contributed by atoms with E-state index in [1.807, 2.05) is 7.05 Å². The molecule has 2 heterocycles. The van der Waals surface area contributed by atoms with Gasteiger partial charge in [-0.25, -0.2) is 0 Å². The van der Waals surface area contributed by atoms with E-state index in [1.54, 1.807) is 0 Å². The van der Waals surface area contributed by atoms with Crippen molar-refractivity contribution in [2.75, 3.05) is 46.3 Å². The SMILES string of the molecule is CNCCCN1CCC(N2CCCC(C)C2)CC1. The fourth-order valence-corrected chi connectivity index (χ4v) is 3.54. The van der Waals surface area contributed by atoms with Crippen LogP contribution in [0.3, 0.4) is 0 Å². The highest BCUT2D eigenvalue weighted by Crippen LogP contribution is 2.23. The molecule has 0 aromatic rings. The second kappa shape index (κ2) is 7.46. The molecule has 0 aliphatic carbocycles. The van der Waals surface area contributed by atoms with Gasteiger partial charge in [-0.1, -0.05) is 6.92 Å². The van der Waals surface area contributed by atoms with Gasteiger partial charge >= 0.3 is 0 Å². The Kier molecular flexibility index (Phi) is 5.93. The lowest BCUT2D eigenvalue weighted by molar-refractivity contribution is 0.0749. The molecule has 18 heavy (non-hydrogen) atoms. The third-order valence-corrected chi connectivity index (χ3v) is 4.66. The van der Waals surface area contributed by atoms with Crippen LogP contribution in [0.1, 0.15) is 39.0 Å². The smallest absolute Gasteiger partial charge is 0.0120 e. The highest BCUT2D eigenvalue weighted by Gasteiger charge is 2.27. The minimum atomic E-state index is 0.883. The van der Waals surface area contributed by atoms with Crippen LogP contribution in [0.4, 0.5) is 0 Å². The minimum Gasteiger partial charge on any atom is -0.320 e. The molecule has 1 atom stereocenters. The maximum absolute atomic E-state index is 3.24. The predicted molar refractivity (Wildman–Crippen MR) is 78.0 cm³/mol. The average Bonchev–Trinajstić information content (AvgIpc) is 2.40. The number of nitrogens with one attached hydrogen (secondary N) is 1. The molecule has 2 rings (SSSR count). The zero-order chi connectivity index (χ0) is 12.8. The van der Waals surface area contributed by atoms with E-state index in [2.05, 4.69) is 22.0 Å². The summed E-state index contributed by atoms with van der Waals surface area (Å²) in [6.45, 7) is 10.2. The molecule has 2 aliphatic rings. The van der Waals surface area contributed by atoms with Crippen LogP contribution < -0.4 is 5.32 Å². The van der Waals surface area contributed by atoms with Crippen molar-refractivity contribution in [3.05, 3.63) is 0 Å². The van der Waals surface area contributed by atoms with Crippen molar-refractivity contribution in [3.8, 4) is 0 Å². The van der Waals surface area contributed by atoms with E-state index < -0.39 is 0 Å². The zero-order valence-electron chi connectivity index (χ0n) is 12.3. The maximum atomic E-state index is 3.24. The maximum Gasteiger partial charge on any atom is 0.0120 e. The van der Waals surface area contributed by atoms with Gasteiger partial charge in [0.15, 0.2) is 0 Å². The van der Waals surface area contributed by atoms with Crippen LogP contribution in [0.2, 0.25) is 0 Å². The first kappa shape index (κ1) is 14.3. The van der Waals surface area contributed by atoms with E-state index in [-0.39, 0.29) is 0 Å². The molecule has 1 unspecified atom stereocenters. The summed E-state index contributed by atoms with van der Waals surface area (Å²) in [5.74, 6) is 0.924. The van der Waals surface area contributed by atoms with Crippen molar-refractivity contribution >= 4 is 0 Å². The number of rotatable bonds is 5. The van der Waals surface area contributed by atoms with E-state index in [4.69, 9.17) is 0 Å². The van der Waals surface area contributed by atoms with Crippen molar-refractivity contribution in [2.45, 2.75) is 45.1 Å². The number of hydrogen-bond donors (Lipinski definition) is 1. The Balaban J connectivity index is 1.66. The van der Waals surface area contributed by atoms with Crippen LogP contribution in [0.5, 0.6) is 0 Å². The van der Waals surface area contributed by atoms with Crippen LogP contribution in [0.25, 0.3) is 0 Å². The number of likely N-dealkylation sites (tertiary alicyclic amines) is 2. The monoisotopic (exact) mass is 253 g/mol. The number of nitrogens with zero attached hydrogens (tertiary/aromatic N) is 2. The molecular weight excluding hydrogens is 222 g/mol. The summed E-state index contributed by atoms with van der Waals surface area (Å²) in [6, 6.07) is 0.883. The molecule has 1 N–H and O–H groups in total. The molecule has 0 amide bonds. The topological polar surface area (TPSA) is 18.5 Å². The quantitative estimate of drug-likeness (QED) is 0.754. The lowest BCUT2D eigenvalue weighted by Gasteiger charge is -2.41. The van der Waals surface area contributed by atoms with Crippen LogP contribution >= 0.6 is 0 Å². The molecule has 106 valence electrons. The first-order valence-corrected chi connectivity index (χ1v) is 7.90. The van der Waals surface area contributed by atoms with Crippen LogP contribution in [-0.2, 0) is 0 Å². The molecule has 0 radical (unpaired) electrons. The lowest BCUT2D eigenvalue weighted by atomic mass is 9.95. The van der Waals surface area contributed by atoms with Gasteiger partial charge in [-0.05, 0) is 77.8 Å². The Morgan fingerprint density at radius 1 is 1.11 bits per heavy atom. The first-order valence-electron chi connectivity index (χ1n) is 7.90. The number of piperidine rings is 2. The van der Waals surface area contributed by atoms with Crippen molar-refractivity contribution in [1.82, 2.24) is 15.1 Å². The summed E-state index contributed by atoms with van der Waals surface area (Å²) >= 11 is 0. The van der Waals surface area contributed by atoms with Gasteiger partial charge in [-0.3, -0.25) is 0 Å². The summed E-state index contributed by atoms with van der Waals surface area (Å²) in [4.78, 5) is 5.43. The molecule has 0 aromatic heterocycles. The van der Waals surface area contributed by atoms with Gasteiger partial charge < -0.3 is 15.1 Å². The summed E-state index contributed by atoms with van der Waals surface area (Å²) in [5.41, 5.74) is 0.